The maximum atomic E-state index is 5.40. The van der Waals surface area contributed by atoms with Gasteiger partial charge in [-0.15, -0.1) is 0 Å². The molecule has 14 heavy (non-hydrogen) atoms. The van der Waals surface area contributed by atoms with Crippen molar-refractivity contribution in [2.24, 2.45) is 5.73 Å². The Morgan fingerprint density at radius 3 is 2.86 bits per heavy atom. The minimum atomic E-state index is 0.351. The second kappa shape index (κ2) is 3.85. The van der Waals surface area contributed by atoms with E-state index in [1.54, 1.807) is 6.20 Å². The fourth-order valence-corrected chi connectivity index (χ4v) is 1.24. The summed E-state index contributed by atoms with van der Waals surface area (Å²) in [6, 6.07) is 3.73. The smallest absolute Gasteiger partial charge is 0.199 e. The molecule has 0 radical (unpaired) electrons. The monoisotopic (exact) mass is 253 g/mol. The Morgan fingerprint density at radius 1 is 1.43 bits per heavy atom. The Balaban J connectivity index is 2.34. The molecular weight excluding hydrogens is 246 g/mol. The van der Waals surface area contributed by atoms with E-state index in [1.165, 1.54) is 0 Å². The lowest BCUT2D eigenvalue weighted by molar-refractivity contribution is 0.917. The number of hydrogen-bond donors (Lipinski definition) is 2. The van der Waals surface area contributed by atoms with Crippen LogP contribution in [0.1, 0.15) is 5.82 Å². The van der Waals surface area contributed by atoms with E-state index >= 15 is 0 Å². The first kappa shape index (κ1) is 9.29. The average Bonchev–Trinajstić information content (AvgIpc) is 2.67. The van der Waals surface area contributed by atoms with Crippen molar-refractivity contribution in [2.75, 3.05) is 0 Å². The molecule has 3 N–H and O–H groups in total. The minimum Gasteiger partial charge on any atom is -0.324 e. The summed E-state index contributed by atoms with van der Waals surface area (Å²) in [6.45, 7) is 0.351. The number of aromatic nitrogens is 4. The molecule has 72 valence electrons. The summed E-state index contributed by atoms with van der Waals surface area (Å²) in [5, 5.41) is 6.72. The summed E-state index contributed by atoms with van der Waals surface area (Å²) in [4.78, 5) is 8.32. The summed E-state index contributed by atoms with van der Waals surface area (Å²) in [5.41, 5.74) is 6.13. The van der Waals surface area contributed by atoms with Gasteiger partial charge < -0.3 is 5.73 Å². The molecule has 0 unspecified atom stereocenters. The number of nitrogens with two attached hydrogens (primary N) is 1. The van der Waals surface area contributed by atoms with Gasteiger partial charge in [0.05, 0.1) is 6.54 Å². The van der Waals surface area contributed by atoms with Gasteiger partial charge in [0.25, 0.3) is 0 Å². The topological polar surface area (TPSA) is 80.5 Å². The quantitative estimate of drug-likeness (QED) is 0.840. The molecule has 0 saturated heterocycles. The first-order chi connectivity index (χ1) is 6.79. The van der Waals surface area contributed by atoms with Crippen molar-refractivity contribution in [2.45, 2.75) is 6.54 Å². The van der Waals surface area contributed by atoms with Crippen LogP contribution in [0.3, 0.4) is 0 Å². The molecule has 0 aliphatic rings. The number of H-pyrrole nitrogens is 1. The molecule has 0 aliphatic carbocycles. The van der Waals surface area contributed by atoms with E-state index in [0.29, 0.717) is 18.2 Å². The van der Waals surface area contributed by atoms with Crippen molar-refractivity contribution >= 4 is 15.9 Å². The predicted molar refractivity (Wildman–Crippen MR) is 55.2 cm³/mol. The standard InChI is InChI=1S/C8H8BrN5/c9-5-1-2-6(11-4-5)8-12-7(3-10)13-14-8/h1-2,4H,3,10H2,(H,12,13,14). The van der Waals surface area contributed by atoms with Crippen molar-refractivity contribution in [3.8, 4) is 11.5 Å². The summed E-state index contributed by atoms with van der Waals surface area (Å²) in [7, 11) is 0. The van der Waals surface area contributed by atoms with E-state index in [2.05, 4.69) is 36.1 Å². The molecule has 2 aromatic rings. The maximum Gasteiger partial charge on any atom is 0.199 e. The third-order valence-electron chi connectivity index (χ3n) is 1.68. The van der Waals surface area contributed by atoms with Gasteiger partial charge in [0.1, 0.15) is 11.5 Å². The highest BCUT2D eigenvalue weighted by molar-refractivity contribution is 9.10. The van der Waals surface area contributed by atoms with Gasteiger partial charge in [-0.2, -0.15) is 5.10 Å². The highest BCUT2D eigenvalue weighted by Crippen LogP contribution is 2.14. The molecular formula is C8H8BrN5. The van der Waals surface area contributed by atoms with Gasteiger partial charge in [-0.3, -0.25) is 10.1 Å². The predicted octanol–water partition coefficient (Wildman–Crippen LogP) is 1.09. The van der Waals surface area contributed by atoms with Gasteiger partial charge in [0, 0.05) is 10.7 Å². The van der Waals surface area contributed by atoms with Gasteiger partial charge >= 0.3 is 0 Å². The number of nitrogens with zero attached hydrogens (tertiary/aromatic N) is 3. The van der Waals surface area contributed by atoms with Gasteiger partial charge in [-0.05, 0) is 28.1 Å². The molecule has 2 heterocycles. The molecule has 6 heteroatoms. The van der Waals surface area contributed by atoms with Crippen LogP contribution in [-0.2, 0) is 6.54 Å². The van der Waals surface area contributed by atoms with Gasteiger partial charge in [0.2, 0.25) is 0 Å². The van der Waals surface area contributed by atoms with Gasteiger partial charge in [-0.1, -0.05) is 0 Å². The van der Waals surface area contributed by atoms with Crippen LogP contribution in [0.4, 0.5) is 0 Å². The van der Waals surface area contributed by atoms with Crippen LogP contribution in [-0.4, -0.2) is 20.2 Å². The zero-order valence-corrected chi connectivity index (χ0v) is 8.82. The fraction of sp³-hybridized carbons (Fsp3) is 0.125. The van der Waals surface area contributed by atoms with E-state index in [0.717, 1.165) is 10.2 Å². The van der Waals surface area contributed by atoms with E-state index in [1.807, 2.05) is 12.1 Å². The lowest BCUT2D eigenvalue weighted by atomic mass is 10.3. The Bertz CT molecular complexity index is 422. The highest BCUT2D eigenvalue weighted by atomic mass is 79.9. The Kier molecular flexibility index (Phi) is 2.55. The Labute approximate surface area is 88.9 Å². The maximum absolute atomic E-state index is 5.40. The second-order valence-corrected chi connectivity index (χ2v) is 3.59. The third-order valence-corrected chi connectivity index (χ3v) is 2.15. The lowest BCUT2D eigenvalue weighted by Crippen LogP contribution is -1.98. The summed E-state index contributed by atoms with van der Waals surface area (Å²) in [6.07, 6.45) is 1.70. The van der Waals surface area contributed by atoms with Crippen LogP contribution in [0.2, 0.25) is 0 Å². The number of nitrogens with one attached hydrogen (secondary N) is 1. The molecule has 0 aliphatic heterocycles. The average molecular weight is 254 g/mol. The lowest BCUT2D eigenvalue weighted by Gasteiger charge is -1.93. The fourth-order valence-electron chi connectivity index (χ4n) is 1.01. The van der Waals surface area contributed by atoms with E-state index in [-0.39, 0.29) is 0 Å². The summed E-state index contributed by atoms with van der Waals surface area (Å²) >= 11 is 3.31. The molecule has 0 spiro atoms. The second-order valence-electron chi connectivity index (χ2n) is 2.67. The largest absolute Gasteiger partial charge is 0.324 e. The number of pyridine rings is 1. The van der Waals surface area contributed by atoms with Crippen LogP contribution in [0.25, 0.3) is 11.5 Å². The first-order valence-electron chi connectivity index (χ1n) is 4.03. The van der Waals surface area contributed by atoms with E-state index in [4.69, 9.17) is 5.73 Å². The number of aromatic amines is 1. The van der Waals surface area contributed by atoms with Crippen LogP contribution in [0.15, 0.2) is 22.8 Å². The number of halogens is 1. The number of rotatable bonds is 2. The highest BCUT2D eigenvalue weighted by Gasteiger charge is 2.05. The molecule has 0 saturated carbocycles. The molecule has 0 bridgehead atoms. The zero-order valence-electron chi connectivity index (χ0n) is 7.24. The molecule has 0 amide bonds. The third kappa shape index (κ3) is 1.80. The minimum absolute atomic E-state index is 0.351. The first-order valence-corrected chi connectivity index (χ1v) is 4.82. The van der Waals surface area contributed by atoms with Crippen LogP contribution in [0, 0.1) is 0 Å². The zero-order chi connectivity index (χ0) is 9.97. The van der Waals surface area contributed by atoms with Gasteiger partial charge in [-0.25, -0.2) is 4.98 Å². The van der Waals surface area contributed by atoms with Crippen LogP contribution in [0.5, 0.6) is 0 Å². The van der Waals surface area contributed by atoms with Gasteiger partial charge in [0.15, 0.2) is 5.82 Å². The Morgan fingerprint density at radius 2 is 2.29 bits per heavy atom. The molecule has 0 aromatic carbocycles. The Hall–Kier alpha value is -1.27. The van der Waals surface area contributed by atoms with Crippen LogP contribution >= 0.6 is 15.9 Å². The summed E-state index contributed by atoms with van der Waals surface area (Å²) in [5.74, 6) is 1.22. The van der Waals surface area contributed by atoms with Crippen molar-refractivity contribution in [1.29, 1.82) is 0 Å². The normalized spacial score (nSPS) is 10.4. The van der Waals surface area contributed by atoms with E-state index < -0.39 is 0 Å². The van der Waals surface area contributed by atoms with E-state index in [9.17, 15) is 0 Å². The summed E-state index contributed by atoms with van der Waals surface area (Å²) < 4.78 is 0.927. The van der Waals surface area contributed by atoms with Crippen molar-refractivity contribution in [3.05, 3.63) is 28.6 Å². The number of hydrogen-bond acceptors (Lipinski definition) is 4. The molecule has 2 aromatic heterocycles. The van der Waals surface area contributed by atoms with Crippen LogP contribution < -0.4 is 5.73 Å². The molecule has 0 fully saturated rings. The van der Waals surface area contributed by atoms with Crippen molar-refractivity contribution in [1.82, 2.24) is 20.2 Å². The SMILES string of the molecule is NCc1nc(-c2ccc(Br)cn2)n[nH]1. The molecule has 5 nitrogen and oxygen atoms in total. The van der Waals surface area contributed by atoms with Crippen molar-refractivity contribution in [3.63, 3.8) is 0 Å². The molecule has 2 rings (SSSR count). The molecule has 0 atom stereocenters. The van der Waals surface area contributed by atoms with Crippen molar-refractivity contribution < 1.29 is 0 Å².